The molecule has 2 aromatic rings. The standard InChI is InChI=1S/C18H20BrNS.ClH/c1-20(2)10-14-11-7-8-12(9-11)16(14)18-17(19)13-5-3-4-6-15(13)21-18;/h3-6,11-12H,7-10H2,1-2H3;1H. The van der Waals surface area contributed by atoms with Gasteiger partial charge in [-0.15, -0.1) is 23.7 Å². The van der Waals surface area contributed by atoms with E-state index in [-0.39, 0.29) is 12.4 Å². The predicted molar refractivity (Wildman–Crippen MR) is 103 cm³/mol. The van der Waals surface area contributed by atoms with Crippen molar-refractivity contribution in [1.29, 1.82) is 0 Å². The molecule has 118 valence electrons. The molecule has 4 heteroatoms. The second kappa shape index (κ2) is 6.27. The molecule has 0 N–H and O–H groups in total. The summed E-state index contributed by atoms with van der Waals surface area (Å²) in [5.41, 5.74) is 3.39. The third kappa shape index (κ3) is 2.56. The van der Waals surface area contributed by atoms with Crippen LogP contribution in [0.3, 0.4) is 0 Å². The van der Waals surface area contributed by atoms with E-state index in [9.17, 15) is 0 Å². The van der Waals surface area contributed by atoms with Crippen molar-refractivity contribution in [3.63, 3.8) is 0 Å². The molecule has 1 fully saturated rings. The first-order valence-corrected chi connectivity index (χ1v) is 9.31. The number of allylic oxidation sites excluding steroid dienone is 1. The summed E-state index contributed by atoms with van der Waals surface area (Å²) < 4.78 is 2.72. The highest BCUT2D eigenvalue weighted by Crippen LogP contribution is 2.55. The number of thiophene rings is 1. The van der Waals surface area contributed by atoms with E-state index in [1.807, 2.05) is 11.3 Å². The molecule has 2 atom stereocenters. The van der Waals surface area contributed by atoms with Gasteiger partial charge in [0.15, 0.2) is 0 Å². The van der Waals surface area contributed by atoms with E-state index in [2.05, 4.69) is 59.2 Å². The summed E-state index contributed by atoms with van der Waals surface area (Å²) in [4.78, 5) is 3.83. The molecule has 2 unspecified atom stereocenters. The minimum Gasteiger partial charge on any atom is -0.305 e. The third-order valence-corrected chi connectivity index (χ3v) is 7.24. The lowest BCUT2D eigenvalue weighted by Gasteiger charge is -2.22. The topological polar surface area (TPSA) is 3.24 Å². The van der Waals surface area contributed by atoms with Crippen LogP contribution in [0.5, 0.6) is 0 Å². The highest BCUT2D eigenvalue weighted by Gasteiger charge is 2.40. The van der Waals surface area contributed by atoms with Crippen molar-refractivity contribution in [2.75, 3.05) is 20.6 Å². The number of nitrogens with zero attached hydrogens (tertiary/aromatic N) is 1. The number of benzene rings is 1. The van der Waals surface area contributed by atoms with Gasteiger partial charge in [0.25, 0.3) is 0 Å². The van der Waals surface area contributed by atoms with Crippen molar-refractivity contribution in [1.82, 2.24) is 4.90 Å². The number of hydrogen-bond acceptors (Lipinski definition) is 2. The Kier molecular flexibility index (Phi) is 4.71. The maximum absolute atomic E-state index is 3.89. The SMILES string of the molecule is CN(C)CC1=C(c2sc3ccccc3c2Br)C2CCC1C2.Cl. The Morgan fingerprint density at radius 1 is 1.18 bits per heavy atom. The number of likely N-dealkylation sites (N-methyl/N-ethyl adjacent to an activating group) is 1. The second-order valence-electron chi connectivity index (χ2n) is 6.62. The van der Waals surface area contributed by atoms with Crippen molar-refractivity contribution >= 4 is 55.3 Å². The first-order valence-electron chi connectivity index (χ1n) is 7.70. The normalized spacial score (nSPS) is 23.6. The fraction of sp³-hybridized carbons (Fsp3) is 0.444. The molecule has 4 rings (SSSR count). The average Bonchev–Trinajstić information content (AvgIpc) is 3.13. The lowest BCUT2D eigenvalue weighted by molar-refractivity contribution is 0.423. The van der Waals surface area contributed by atoms with Crippen LogP contribution in [-0.2, 0) is 0 Å². The zero-order chi connectivity index (χ0) is 14.6. The van der Waals surface area contributed by atoms with Gasteiger partial charge in [-0.2, -0.15) is 0 Å². The molecule has 1 nitrogen and oxygen atoms in total. The van der Waals surface area contributed by atoms with Crippen LogP contribution < -0.4 is 0 Å². The van der Waals surface area contributed by atoms with Crippen LogP contribution in [0.4, 0.5) is 0 Å². The van der Waals surface area contributed by atoms with Crippen LogP contribution in [-0.4, -0.2) is 25.5 Å². The summed E-state index contributed by atoms with van der Waals surface area (Å²) in [5.74, 6) is 1.64. The molecule has 1 aromatic carbocycles. The van der Waals surface area contributed by atoms with Crippen molar-refractivity contribution in [3.05, 3.63) is 39.2 Å². The van der Waals surface area contributed by atoms with Gasteiger partial charge in [-0.25, -0.2) is 0 Å². The van der Waals surface area contributed by atoms with Crippen molar-refractivity contribution in [3.8, 4) is 0 Å². The highest BCUT2D eigenvalue weighted by atomic mass is 79.9. The molecule has 2 bridgehead atoms. The third-order valence-electron chi connectivity index (χ3n) is 4.95. The highest BCUT2D eigenvalue weighted by molar-refractivity contribution is 9.10. The van der Waals surface area contributed by atoms with Crippen LogP contribution in [0.1, 0.15) is 24.1 Å². The van der Waals surface area contributed by atoms with Crippen molar-refractivity contribution in [2.45, 2.75) is 19.3 Å². The summed E-state index contributed by atoms with van der Waals surface area (Å²) in [6.07, 6.45) is 4.18. The minimum absolute atomic E-state index is 0. The summed E-state index contributed by atoms with van der Waals surface area (Å²) in [7, 11) is 4.38. The molecule has 1 heterocycles. The van der Waals surface area contributed by atoms with E-state index in [1.165, 1.54) is 38.7 Å². The second-order valence-corrected chi connectivity index (χ2v) is 8.47. The van der Waals surface area contributed by atoms with Gasteiger partial charge < -0.3 is 4.90 Å². The van der Waals surface area contributed by atoms with E-state index >= 15 is 0 Å². The lowest BCUT2D eigenvalue weighted by atomic mass is 9.90. The molecule has 2 aliphatic rings. The van der Waals surface area contributed by atoms with Crippen LogP contribution >= 0.6 is 39.7 Å². The molecule has 0 amide bonds. The van der Waals surface area contributed by atoms with E-state index < -0.39 is 0 Å². The number of fused-ring (bicyclic) bond motifs is 3. The smallest absolute Gasteiger partial charge is 0.0460 e. The van der Waals surface area contributed by atoms with Crippen LogP contribution in [0.2, 0.25) is 0 Å². The fourth-order valence-electron chi connectivity index (χ4n) is 4.12. The van der Waals surface area contributed by atoms with Crippen LogP contribution in [0, 0.1) is 11.8 Å². The van der Waals surface area contributed by atoms with E-state index in [1.54, 1.807) is 11.1 Å². The minimum atomic E-state index is 0. The van der Waals surface area contributed by atoms with Crippen LogP contribution in [0.15, 0.2) is 34.3 Å². The van der Waals surface area contributed by atoms with E-state index in [4.69, 9.17) is 0 Å². The zero-order valence-corrected chi connectivity index (χ0v) is 16.2. The molecule has 2 aliphatic carbocycles. The quantitative estimate of drug-likeness (QED) is 0.628. The maximum atomic E-state index is 3.89. The summed E-state index contributed by atoms with van der Waals surface area (Å²) in [6.45, 7) is 1.12. The summed E-state index contributed by atoms with van der Waals surface area (Å²) in [6, 6.07) is 8.76. The van der Waals surface area contributed by atoms with Gasteiger partial charge in [0.2, 0.25) is 0 Å². The summed E-state index contributed by atoms with van der Waals surface area (Å²) in [5, 5.41) is 1.37. The van der Waals surface area contributed by atoms with Gasteiger partial charge in [-0.1, -0.05) is 18.2 Å². The molecule has 0 radical (unpaired) electrons. The van der Waals surface area contributed by atoms with Gasteiger partial charge in [0, 0.05) is 26.0 Å². The molecule has 0 saturated heterocycles. The molecule has 1 aromatic heterocycles. The Bertz CT molecular complexity index is 734. The molecular weight excluding hydrogens is 378 g/mol. The molecule has 0 spiro atoms. The first-order chi connectivity index (χ1) is 10.1. The number of hydrogen-bond donors (Lipinski definition) is 0. The number of rotatable bonds is 3. The molecule has 0 aliphatic heterocycles. The van der Waals surface area contributed by atoms with Gasteiger partial charge in [0.1, 0.15) is 0 Å². The summed E-state index contributed by atoms with van der Waals surface area (Å²) >= 11 is 5.86. The number of halogens is 2. The zero-order valence-electron chi connectivity index (χ0n) is 12.9. The van der Waals surface area contributed by atoms with Gasteiger partial charge in [0.05, 0.1) is 0 Å². The fourth-order valence-corrected chi connectivity index (χ4v) is 6.30. The largest absolute Gasteiger partial charge is 0.305 e. The maximum Gasteiger partial charge on any atom is 0.0460 e. The molecular formula is C18H21BrClNS. The van der Waals surface area contributed by atoms with Crippen molar-refractivity contribution < 1.29 is 0 Å². The lowest BCUT2D eigenvalue weighted by Crippen LogP contribution is -2.19. The van der Waals surface area contributed by atoms with Gasteiger partial charge >= 0.3 is 0 Å². The Morgan fingerprint density at radius 3 is 2.64 bits per heavy atom. The van der Waals surface area contributed by atoms with Gasteiger partial charge in [-0.3, -0.25) is 0 Å². The van der Waals surface area contributed by atoms with E-state index in [0.29, 0.717) is 0 Å². The first kappa shape index (κ1) is 16.5. The van der Waals surface area contributed by atoms with Gasteiger partial charge in [-0.05, 0) is 78.3 Å². The van der Waals surface area contributed by atoms with Crippen LogP contribution in [0.25, 0.3) is 15.7 Å². The molecule has 22 heavy (non-hydrogen) atoms. The Morgan fingerprint density at radius 2 is 1.91 bits per heavy atom. The Hall–Kier alpha value is -0.350. The monoisotopic (exact) mass is 397 g/mol. The van der Waals surface area contributed by atoms with E-state index in [0.717, 1.165) is 18.4 Å². The average molecular weight is 399 g/mol. The predicted octanol–water partition coefficient (Wildman–Crippen LogP) is 5.83. The molecule has 1 saturated carbocycles. The Labute approximate surface area is 150 Å². The van der Waals surface area contributed by atoms with Crippen molar-refractivity contribution in [2.24, 2.45) is 11.8 Å². The Balaban J connectivity index is 0.00000144.